The largest absolute Gasteiger partial charge is 0.398 e. The molecule has 0 saturated carbocycles. The molecule has 0 radical (unpaired) electrons. The second-order valence-corrected chi connectivity index (χ2v) is 4.89. The lowest BCUT2D eigenvalue weighted by Crippen LogP contribution is -2.07. The lowest BCUT2D eigenvalue weighted by atomic mass is 9.98. The van der Waals surface area contributed by atoms with Crippen molar-refractivity contribution >= 4 is 28.5 Å². The fourth-order valence-corrected chi connectivity index (χ4v) is 1.95. The Labute approximate surface area is 117 Å². The van der Waals surface area contributed by atoms with E-state index in [4.69, 9.17) is 22.9 Å². The summed E-state index contributed by atoms with van der Waals surface area (Å²) in [4.78, 5) is 12.5. The van der Waals surface area contributed by atoms with E-state index in [0.717, 1.165) is 11.1 Å². The monoisotopic (exact) mass is 270 g/mol. The van der Waals surface area contributed by atoms with Gasteiger partial charge in [0, 0.05) is 33.9 Å². The van der Waals surface area contributed by atoms with E-state index in [0.29, 0.717) is 33.9 Å². The molecule has 2 aromatic rings. The number of hydrogen-bond donors (Lipinski definition) is 4. The Morgan fingerprint density at radius 1 is 0.700 bits per heavy atom. The molecular formula is C15H18N4O. The van der Waals surface area contributed by atoms with Crippen molar-refractivity contribution in [2.75, 3.05) is 22.9 Å². The number of carbonyl (C=O) groups excluding carboxylic acids is 1. The third-order valence-electron chi connectivity index (χ3n) is 3.50. The average Bonchev–Trinajstić information content (AvgIpc) is 2.40. The van der Waals surface area contributed by atoms with Crippen LogP contribution in [0, 0.1) is 13.8 Å². The number of ketones is 1. The zero-order chi connectivity index (χ0) is 15.0. The van der Waals surface area contributed by atoms with Gasteiger partial charge < -0.3 is 22.9 Å². The maximum Gasteiger partial charge on any atom is 0.193 e. The number of benzene rings is 2. The van der Waals surface area contributed by atoms with Crippen LogP contribution in [0.3, 0.4) is 0 Å². The highest BCUT2D eigenvalue weighted by atomic mass is 16.1. The third-order valence-corrected chi connectivity index (χ3v) is 3.50. The number of nitrogen functional groups attached to an aromatic ring is 4. The molecule has 0 aromatic heterocycles. The summed E-state index contributed by atoms with van der Waals surface area (Å²) >= 11 is 0. The molecule has 0 aliphatic carbocycles. The number of nitrogens with two attached hydrogens (primary N) is 4. The second kappa shape index (κ2) is 4.77. The molecule has 0 unspecified atom stereocenters. The van der Waals surface area contributed by atoms with Crippen molar-refractivity contribution in [3.8, 4) is 0 Å². The van der Waals surface area contributed by atoms with Crippen molar-refractivity contribution in [3.05, 3.63) is 46.5 Å². The molecule has 0 aliphatic rings. The predicted molar refractivity (Wildman–Crippen MR) is 83.4 cm³/mol. The van der Waals surface area contributed by atoms with E-state index in [1.807, 2.05) is 0 Å². The third kappa shape index (κ3) is 2.25. The van der Waals surface area contributed by atoms with Gasteiger partial charge in [-0.3, -0.25) is 4.79 Å². The molecule has 2 rings (SSSR count). The molecule has 0 bridgehead atoms. The summed E-state index contributed by atoms with van der Waals surface area (Å²) in [5, 5.41) is 0. The number of hydrogen-bond acceptors (Lipinski definition) is 5. The van der Waals surface area contributed by atoms with Gasteiger partial charge in [-0.05, 0) is 49.2 Å². The Kier molecular flexibility index (Phi) is 3.28. The highest BCUT2D eigenvalue weighted by Crippen LogP contribution is 2.26. The molecular weight excluding hydrogens is 252 g/mol. The van der Waals surface area contributed by atoms with Crippen molar-refractivity contribution in [3.63, 3.8) is 0 Å². The normalized spacial score (nSPS) is 10.5. The molecule has 8 N–H and O–H groups in total. The van der Waals surface area contributed by atoms with E-state index in [1.165, 1.54) is 0 Å². The zero-order valence-electron chi connectivity index (χ0n) is 11.5. The SMILES string of the molecule is Cc1c(N)cc(C(=O)c2cc(N)c(C)c(N)c2)cc1N. The van der Waals surface area contributed by atoms with Crippen molar-refractivity contribution in [2.24, 2.45) is 0 Å². The van der Waals surface area contributed by atoms with Gasteiger partial charge in [0.2, 0.25) is 0 Å². The van der Waals surface area contributed by atoms with Crippen LogP contribution in [0.5, 0.6) is 0 Å². The minimum atomic E-state index is -0.207. The van der Waals surface area contributed by atoms with Gasteiger partial charge in [0.1, 0.15) is 0 Å². The van der Waals surface area contributed by atoms with Gasteiger partial charge in [0.25, 0.3) is 0 Å². The fraction of sp³-hybridized carbons (Fsp3) is 0.133. The molecule has 5 nitrogen and oxygen atoms in total. The average molecular weight is 270 g/mol. The van der Waals surface area contributed by atoms with Crippen LogP contribution in [0.1, 0.15) is 27.0 Å². The van der Waals surface area contributed by atoms with Crippen LogP contribution in [0.15, 0.2) is 24.3 Å². The van der Waals surface area contributed by atoms with E-state index >= 15 is 0 Å². The number of rotatable bonds is 2. The van der Waals surface area contributed by atoms with Crippen molar-refractivity contribution in [2.45, 2.75) is 13.8 Å². The molecule has 0 aliphatic heterocycles. The van der Waals surface area contributed by atoms with Gasteiger partial charge in [-0.25, -0.2) is 0 Å². The summed E-state index contributed by atoms with van der Waals surface area (Å²) in [6.07, 6.45) is 0. The maximum atomic E-state index is 12.5. The Morgan fingerprint density at radius 3 is 1.20 bits per heavy atom. The molecule has 0 spiro atoms. The van der Waals surface area contributed by atoms with E-state index < -0.39 is 0 Å². The first-order valence-corrected chi connectivity index (χ1v) is 6.17. The minimum Gasteiger partial charge on any atom is -0.398 e. The van der Waals surface area contributed by atoms with Crippen LogP contribution < -0.4 is 22.9 Å². The Hall–Kier alpha value is -2.69. The summed E-state index contributed by atoms with van der Waals surface area (Å²) in [6, 6.07) is 6.45. The molecule has 5 heteroatoms. The number of anilines is 4. The van der Waals surface area contributed by atoms with Crippen LogP contribution in [0.25, 0.3) is 0 Å². The van der Waals surface area contributed by atoms with Crippen LogP contribution in [0.4, 0.5) is 22.7 Å². The summed E-state index contributed by atoms with van der Waals surface area (Å²) < 4.78 is 0. The first-order valence-electron chi connectivity index (χ1n) is 6.17. The number of carbonyl (C=O) groups is 1. The smallest absolute Gasteiger partial charge is 0.193 e. The molecule has 104 valence electrons. The first kappa shape index (κ1) is 13.7. The highest BCUT2D eigenvalue weighted by molar-refractivity contribution is 6.11. The van der Waals surface area contributed by atoms with Crippen molar-refractivity contribution in [1.29, 1.82) is 0 Å². The summed E-state index contributed by atoms with van der Waals surface area (Å²) in [6.45, 7) is 3.61. The van der Waals surface area contributed by atoms with Gasteiger partial charge >= 0.3 is 0 Å². The standard InChI is InChI=1S/C15H18N4O/c1-7-11(16)3-9(4-12(7)17)15(20)10-5-13(18)8(2)14(19)6-10/h3-6H,16-19H2,1-2H3. The van der Waals surface area contributed by atoms with Gasteiger partial charge in [0.05, 0.1) is 0 Å². The van der Waals surface area contributed by atoms with Gasteiger partial charge in [-0.2, -0.15) is 0 Å². The fourth-order valence-electron chi connectivity index (χ4n) is 1.95. The van der Waals surface area contributed by atoms with Gasteiger partial charge in [0.15, 0.2) is 5.78 Å². The first-order chi connectivity index (χ1) is 9.31. The van der Waals surface area contributed by atoms with E-state index in [-0.39, 0.29) is 5.78 Å². The molecule has 0 atom stereocenters. The highest BCUT2D eigenvalue weighted by Gasteiger charge is 2.14. The van der Waals surface area contributed by atoms with Crippen molar-refractivity contribution in [1.82, 2.24) is 0 Å². The summed E-state index contributed by atoms with van der Waals surface area (Å²) in [5.74, 6) is -0.207. The topological polar surface area (TPSA) is 121 Å². The zero-order valence-corrected chi connectivity index (χ0v) is 11.5. The quantitative estimate of drug-likeness (QED) is 0.490. The van der Waals surface area contributed by atoms with Gasteiger partial charge in [-0.1, -0.05) is 0 Å². The minimum absolute atomic E-state index is 0.207. The molecule has 0 heterocycles. The molecule has 2 aromatic carbocycles. The Bertz CT molecular complexity index is 602. The van der Waals surface area contributed by atoms with E-state index in [1.54, 1.807) is 38.1 Å². The Balaban J connectivity index is 2.52. The lowest BCUT2D eigenvalue weighted by molar-refractivity contribution is 0.103. The predicted octanol–water partition coefficient (Wildman–Crippen LogP) is 1.86. The van der Waals surface area contributed by atoms with Crippen LogP contribution >= 0.6 is 0 Å². The molecule has 0 fully saturated rings. The second-order valence-electron chi connectivity index (χ2n) is 4.89. The summed E-state index contributed by atoms with van der Waals surface area (Å²) in [5.41, 5.74) is 27.7. The van der Waals surface area contributed by atoms with Crippen LogP contribution in [-0.2, 0) is 0 Å². The van der Waals surface area contributed by atoms with E-state index in [2.05, 4.69) is 0 Å². The maximum absolute atomic E-state index is 12.5. The molecule has 0 amide bonds. The van der Waals surface area contributed by atoms with Crippen LogP contribution in [0.2, 0.25) is 0 Å². The Morgan fingerprint density at radius 2 is 0.950 bits per heavy atom. The van der Waals surface area contributed by atoms with Crippen molar-refractivity contribution < 1.29 is 4.79 Å². The molecule has 0 saturated heterocycles. The summed E-state index contributed by atoms with van der Waals surface area (Å²) in [7, 11) is 0. The lowest BCUT2D eigenvalue weighted by Gasteiger charge is -2.10. The van der Waals surface area contributed by atoms with E-state index in [9.17, 15) is 4.79 Å². The van der Waals surface area contributed by atoms with Gasteiger partial charge in [-0.15, -0.1) is 0 Å². The van der Waals surface area contributed by atoms with Crippen LogP contribution in [-0.4, -0.2) is 5.78 Å². The molecule has 20 heavy (non-hydrogen) atoms.